The van der Waals surface area contributed by atoms with Crippen LogP contribution in [0.3, 0.4) is 0 Å². The predicted molar refractivity (Wildman–Crippen MR) is 78.4 cm³/mol. The molecule has 0 radical (unpaired) electrons. The van der Waals surface area contributed by atoms with Gasteiger partial charge in [-0.3, -0.25) is 4.79 Å². The fourth-order valence-electron chi connectivity index (χ4n) is 1.94. The van der Waals surface area contributed by atoms with Crippen LogP contribution in [0.5, 0.6) is 0 Å². The van der Waals surface area contributed by atoms with Crippen LogP contribution in [0, 0.1) is 13.8 Å². The van der Waals surface area contributed by atoms with Crippen LogP contribution in [0.4, 0.5) is 5.69 Å². The van der Waals surface area contributed by atoms with E-state index in [4.69, 9.17) is 10.5 Å². The number of nitrogens with one attached hydrogen (secondary N) is 1. The first-order valence-electron chi connectivity index (χ1n) is 6.55. The highest BCUT2D eigenvalue weighted by atomic mass is 16.5. The average Bonchev–Trinajstić information content (AvgIpc) is 2.31. The first-order valence-corrected chi connectivity index (χ1v) is 6.55. The lowest BCUT2D eigenvalue weighted by atomic mass is 10.0. The van der Waals surface area contributed by atoms with E-state index in [-0.39, 0.29) is 11.5 Å². The number of carbonyl (C=O) groups is 1. The van der Waals surface area contributed by atoms with E-state index >= 15 is 0 Å². The number of aryl methyl sites for hydroxylation is 2. The molecule has 4 heteroatoms. The van der Waals surface area contributed by atoms with Crippen molar-refractivity contribution in [2.75, 3.05) is 18.9 Å². The highest BCUT2D eigenvalue weighted by Crippen LogP contribution is 2.18. The predicted octanol–water partition coefficient (Wildman–Crippen LogP) is 2.43. The lowest BCUT2D eigenvalue weighted by molar-refractivity contribution is -0.00815. The van der Waals surface area contributed by atoms with Crippen LogP contribution < -0.4 is 11.1 Å². The second-order valence-corrected chi connectivity index (χ2v) is 5.40. The van der Waals surface area contributed by atoms with E-state index in [0.29, 0.717) is 24.4 Å². The molecule has 0 spiro atoms. The van der Waals surface area contributed by atoms with Crippen LogP contribution in [0.25, 0.3) is 0 Å². The summed E-state index contributed by atoms with van der Waals surface area (Å²) in [6, 6.07) is 3.66. The molecule has 4 nitrogen and oxygen atoms in total. The van der Waals surface area contributed by atoms with Gasteiger partial charge < -0.3 is 15.8 Å². The summed E-state index contributed by atoms with van der Waals surface area (Å²) in [5.74, 6) is -0.114. The molecule has 1 aromatic rings. The molecule has 0 heterocycles. The van der Waals surface area contributed by atoms with Gasteiger partial charge in [0, 0.05) is 24.4 Å². The molecule has 19 heavy (non-hydrogen) atoms. The number of nitrogens with two attached hydrogens (primary N) is 1. The molecular weight excluding hydrogens is 240 g/mol. The molecule has 1 aromatic carbocycles. The number of carbonyl (C=O) groups excluding carboxylic acids is 1. The van der Waals surface area contributed by atoms with Gasteiger partial charge in [0.05, 0.1) is 5.60 Å². The highest BCUT2D eigenvalue weighted by Gasteiger charge is 2.19. The van der Waals surface area contributed by atoms with Gasteiger partial charge in [0.1, 0.15) is 0 Å². The second kappa shape index (κ2) is 6.06. The van der Waals surface area contributed by atoms with Gasteiger partial charge in [-0.05, 0) is 51.8 Å². The van der Waals surface area contributed by atoms with Gasteiger partial charge in [0.2, 0.25) is 0 Å². The number of nitrogen functional groups attached to an aromatic ring is 1. The van der Waals surface area contributed by atoms with E-state index in [1.54, 1.807) is 6.07 Å². The lowest BCUT2D eigenvalue weighted by Crippen LogP contribution is -2.40. The monoisotopic (exact) mass is 264 g/mol. The summed E-state index contributed by atoms with van der Waals surface area (Å²) >= 11 is 0. The molecule has 106 valence electrons. The number of ether oxygens (including phenoxy) is 1. The molecule has 0 aliphatic rings. The average molecular weight is 264 g/mol. The van der Waals surface area contributed by atoms with Crippen molar-refractivity contribution in [3.63, 3.8) is 0 Å². The SMILES string of the molecule is CCOC(C)(C)CNC(=O)c1cc(N)c(C)cc1C. The van der Waals surface area contributed by atoms with Crippen molar-refractivity contribution < 1.29 is 9.53 Å². The van der Waals surface area contributed by atoms with E-state index in [1.165, 1.54) is 0 Å². The van der Waals surface area contributed by atoms with E-state index < -0.39 is 0 Å². The Kier molecular flexibility index (Phi) is 4.95. The van der Waals surface area contributed by atoms with Crippen molar-refractivity contribution in [1.29, 1.82) is 0 Å². The van der Waals surface area contributed by atoms with Crippen molar-refractivity contribution in [2.24, 2.45) is 0 Å². The van der Waals surface area contributed by atoms with Crippen molar-refractivity contribution in [3.8, 4) is 0 Å². The smallest absolute Gasteiger partial charge is 0.251 e. The largest absolute Gasteiger partial charge is 0.398 e. The van der Waals surface area contributed by atoms with E-state index in [2.05, 4.69) is 5.32 Å². The normalized spacial score (nSPS) is 11.4. The van der Waals surface area contributed by atoms with Crippen LogP contribution in [-0.2, 0) is 4.74 Å². The fraction of sp³-hybridized carbons (Fsp3) is 0.533. The molecule has 0 saturated heterocycles. The summed E-state index contributed by atoms with van der Waals surface area (Å²) in [4.78, 5) is 12.2. The van der Waals surface area contributed by atoms with Gasteiger partial charge in [0.15, 0.2) is 0 Å². The Morgan fingerprint density at radius 3 is 2.53 bits per heavy atom. The summed E-state index contributed by atoms with van der Waals surface area (Å²) < 4.78 is 5.55. The number of rotatable bonds is 5. The van der Waals surface area contributed by atoms with Crippen LogP contribution in [-0.4, -0.2) is 24.7 Å². The first-order chi connectivity index (χ1) is 8.76. The number of hydrogen-bond donors (Lipinski definition) is 2. The Labute approximate surface area is 115 Å². The van der Waals surface area contributed by atoms with Crippen LogP contribution in [0.15, 0.2) is 12.1 Å². The molecule has 0 unspecified atom stereocenters. The van der Waals surface area contributed by atoms with E-state index in [1.807, 2.05) is 40.7 Å². The number of amides is 1. The molecular formula is C15H24N2O2. The zero-order valence-electron chi connectivity index (χ0n) is 12.5. The van der Waals surface area contributed by atoms with Crippen molar-refractivity contribution in [2.45, 2.75) is 40.2 Å². The molecule has 0 atom stereocenters. The Morgan fingerprint density at radius 1 is 1.32 bits per heavy atom. The Balaban J connectivity index is 2.77. The Bertz CT molecular complexity index is 467. The highest BCUT2D eigenvalue weighted by molar-refractivity contribution is 5.96. The Hall–Kier alpha value is -1.55. The summed E-state index contributed by atoms with van der Waals surface area (Å²) in [6.45, 7) is 10.8. The minimum atomic E-state index is -0.367. The molecule has 0 saturated carbocycles. The third-order valence-corrected chi connectivity index (χ3v) is 3.07. The summed E-state index contributed by atoms with van der Waals surface area (Å²) in [5, 5.41) is 2.89. The minimum absolute atomic E-state index is 0.114. The van der Waals surface area contributed by atoms with E-state index in [9.17, 15) is 4.79 Å². The quantitative estimate of drug-likeness (QED) is 0.803. The molecule has 1 rings (SSSR count). The van der Waals surface area contributed by atoms with Gasteiger partial charge in [0.25, 0.3) is 5.91 Å². The molecule has 0 aliphatic carbocycles. The van der Waals surface area contributed by atoms with Gasteiger partial charge in [-0.25, -0.2) is 0 Å². The molecule has 0 aromatic heterocycles. The molecule has 3 N–H and O–H groups in total. The van der Waals surface area contributed by atoms with E-state index in [0.717, 1.165) is 11.1 Å². The van der Waals surface area contributed by atoms with Gasteiger partial charge in [-0.15, -0.1) is 0 Å². The number of hydrogen-bond acceptors (Lipinski definition) is 3. The van der Waals surface area contributed by atoms with Crippen molar-refractivity contribution in [1.82, 2.24) is 5.32 Å². The number of benzene rings is 1. The third-order valence-electron chi connectivity index (χ3n) is 3.07. The summed E-state index contributed by atoms with van der Waals surface area (Å²) in [7, 11) is 0. The first kappa shape index (κ1) is 15.5. The molecule has 0 bridgehead atoms. The fourth-order valence-corrected chi connectivity index (χ4v) is 1.94. The van der Waals surface area contributed by atoms with Gasteiger partial charge in [-0.2, -0.15) is 0 Å². The van der Waals surface area contributed by atoms with Crippen LogP contribution >= 0.6 is 0 Å². The lowest BCUT2D eigenvalue weighted by Gasteiger charge is -2.25. The summed E-state index contributed by atoms with van der Waals surface area (Å²) in [5.41, 5.74) is 8.66. The van der Waals surface area contributed by atoms with Crippen LogP contribution in [0.2, 0.25) is 0 Å². The molecule has 0 aliphatic heterocycles. The standard InChI is InChI=1S/C15H24N2O2/c1-6-19-15(4,5)9-17-14(18)12-8-13(16)11(3)7-10(12)2/h7-8H,6,9,16H2,1-5H3,(H,17,18). The zero-order chi connectivity index (χ0) is 14.6. The second-order valence-electron chi connectivity index (χ2n) is 5.40. The maximum absolute atomic E-state index is 12.2. The summed E-state index contributed by atoms with van der Waals surface area (Å²) in [6.07, 6.45) is 0. The maximum atomic E-state index is 12.2. The molecule has 0 fully saturated rings. The van der Waals surface area contributed by atoms with Gasteiger partial charge in [-0.1, -0.05) is 6.07 Å². The molecule has 1 amide bonds. The van der Waals surface area contributed by atoms with Crippen molar-refractivity contribution in [3.05, 3.63) is 28.8 Å². The Morgan fingerprint density at radius 2 is 1.95 bits per heavy atom. The third kappa shape index (κ3) is 4.24. The topological polar surface area (TPSA) is 64.3 Å². The van der Waals surface area contributed by atoms with Crippen molar-refractivity contribution >= 4 is 11.6 Å². The van der Waals surface area contributed by atoms with Crippen LogP contribution in [0.1, 0.15) is 42.3 Å². The number of anilines is 1. The minimum Gasteiger partial charge on any atom is -0.398 e. The zero-order valence-corrected chi connectivity index (χ0v) is 12.5. The van der Waals surface area contributed by atoms with Gasteiger partial charge >= 0.3 is 0 Å². The maximum Gasteiger partial charge on any atom is 0.251 e.